The molecule has 5 nitrogen and oxygen atoms in total. The van der Waals surface area contributed by atoms with Crippen molar-refractivity contribution >= 4 is 0 Å². The lowest BCUT2D eigenvalue weighted by molar-refractivity contribution is 0.282. The van der Waals surface area contributed by atoms with Gasteiger partial charge in [-0.2, -0.15) is 0 Å². The summed E-state index contributed by atoms with van der Waals surface area (Å²) >= 11 is 0. The first-order chi connectivity index (χ1) is 7.84. The molecule has 1 saturated heterocycles. The van der Waals surface area contributed by atoms with Gasteiger partial charge in [0.2, 0.25) is 0 Å². The first kappa shape index (κ1) is 9.47. The van der Waals surface area contributed by atoms with Gasteiger partial charge in [-0.1, -0.05) is 5.16 Å². The summed E-state index contributed by atoms with van der Waals surface area (Å²) in [6.07, 6.45) is 4.44. The molecular weight excluding hydrogens is 204 g/mol. The summed E-state index contributed by atoms with van der Waals surface area (Å²) in [5.41, 5.74) is 2.41. The van der Waals surface area contributed by atoms with Crippen molar-refractivity contribution in [2.45, 2.75) is 19.4 Å². The van der Waals surface area contributed by atoms with Gasteiger partial charge in [0.25, 0.3) is 0 Å². The Labute approximate surface area is 92.9 Å². The van der Waals surface area contributed by atoms with Crippen LogP contribution in [0, 0.1) is 6.92 Å². The fourth-order valence-electron chi connectivity index (χ4n) is 1.76. The fourth-order valence-corrected chi connectivity index (χ4v) is 1.76. The van der Waals surface area contributed by atoms with Crippen LogP contribution in [0.3, 0.4) is 0 Å². The Morgan fingerprint density at radius 1 is 1.38 bits per heavy atom. The minimum Gasteiger partial charge on any atom is -0.359 e. The molecule has 1 fully saturated rings. The maximum Gasteiger partial charge on any atom is 0.154 e. The van der Waals surface area contributed by atoms with E-state index in [1.807, 2.05) is 13.0 Å². The van der Waals surface area contributed by atoms with Crippen LogP contribution in [0.4, 0.5) is 0 Å². The van der Waals surface area contributed by atoms with Crippen LogP contribution >= 0.6 is 0 Å². The molecule has 3 rings (SSSR count). The van der Waals surface area contributed by atoms with E-state index < -0.39 is 0 Å². The first-order valence-electron chi connectivity index (χ1n) is 5.32. The van der Waals surface area contributed by atoms with Crippen molar-refractivity contribution in [2.24, 2.45) is 0 Å². The Bertz CT molecular complexity index is 504. The second kappa shape index (κ2) is 3.68. The fraction of sp³-hybridized carbons (Fsp3) is 0.364. The molecule has 0 radical (unpaired) electrons. The quantitative estimate of drug-likeness (QED) is 0.823. The van der Waals surface area contributed by atoms with Crippen molar-refractivity contribution in [3.63, 3.8) is 0 Å². The maximum absolute atomic E-state index is 5.30. The first-order valence-corrected chi connectivity index (χ1v) is 5.32. The standard InChI is InChI=1S/C11H12N4O/c1-7-11(14-5-4-12-7)9-6-10(16-15-9)8-2-3-13-8/h4-6,8,13H,2-3H2,1H3. The van der Waals surface area contributed by atoms with Crippen LogP contribution < -0.4 is 5.32 Å². The van der Waals surface area contributed by atoms with Crippen molar-refractivity contribution in [2.75, 3.05) is 6.54 Å². The third kappa shape index (κ3) is 1.49. The van der Waals surface area contributed by atoms with Gasteiger partial charge in [0.1, 0.15) is 11.4 Å². The van der Waals surface area contributed by atoms with E-state index in [2.05, 4.69) is 20.4 Å². The predicted octanol–water partition coefficient (Wildman–Crippen LogP) is 1.47. The predicted molar refractivity (Wildman–Crippen MR) is 57.6 cm³/mol. The zero-order valence-corrected chi connectivity index (χ0v) is 8.97. The highest BCUT2D eigenvalue weighted by Gasteiger charge is 2.23. The van der Waals surface area contributed by atoms with Gasteiger partial charge in [-0.05, 0) is 19.9 Å². The highest BCUT2D eigenvalue weighted by molar-refractivity contribution is 5.56. The van der Waals surface area contributed by atoms with E-state index in [1.165, 1.54) is 0 Å². The molecule has 0 saturated carbocycles. The Hall–Kier alpha value is -1.75. The molecular formula is C11H12N4O. The van der Waals surface area contributed by atoms with E-state index >= 15 is 0 Å². The Kier molecular flexibility index (Phi) is 2.18. The summed E-state index contributed by atoms with van der Waals surface area (Å²) in [5, 5.41) is 7.30. The third-order valence-corrected chi connectivity index (χ3v) is 2.82. The van der Waals surface area contributed by atoms with Crippen LogP contribution in [0.5, 0.6) is 0 Å². The molecule has 0 bridgehead atoms. The van der Waals surface area contributed by atoms with Crippen LogP contribution in [0.2, 0.25) is 0 Å². The lowest BCUT2D eigenvalue weighted by atomic mass is 10.0. The normalized spacial score (nSPS) is 19.4. The highest BCUT2D eigenvalue weighted by Crippen LogP contribution is 2.27. The monoisotopic (exact) mass is 216 g/mol. The molecule has 82 valence electrons. The number of aryl methyl sites for hydroxylation is 1. The summed E-state index contributed by atoms with van der Waals surface area (Å²) in [6.45, 7) is 2.96. The van der Waals surface area contributed by atoms with Gasteiger partial charge in [-0.3, -0.25) is 9.97 Å². The molecule has 0 aromatic carbocycles. The lowest BCUT2D eigenvalue weighted by Crippen LogP contribution is -2.34. The van der Waals surface area contributed by atoms with E-state index in [9.17, 15) is 0 Å². The Morgan fingerprint density at radius 3 is 2.88 bits per heavy atom. The lowest BCUT2D eigenvalue weighted by Gasteiger charge is -2.24. The summed E-state index contributed by atoms with van der Waals surface area (Å²) in [6, 6.07) is 2.26. The molecule has 1 atom stereocenters. The van der Waals surface area contributed by atoms with Crippen molar-refractivity contribution < 1.29 is 4.52 Å². The van der Waals surface area contributed by atoms with Crippen molar-refractivity contribution in [3.05, 3.63) is 29.9 Å². The van der Waals surface area contributed by atoms with Gasteiger partial charge in [-0.25, -0.2) is 0 Å². The number of aromatic nitrogens is 3. The molecule has 2 aromatic heterocycles. The Morgan fingerprint density at radius 2 is 2.19 bits per heavy atom. The van der Waals surface area contributed by atoms with Gasteiger partial charge < -0.3 is 9.84 Å². The molecule has 2 aromatic rings. The minimum absolute atomic E-state index is 0.318. The zero-order valence-electron chi connectivity index (χ0n) is 8.97. The van der Waals surface area contributed by atoms with Crippen molar-refractivity contribution in [1.29, 1.82) is 0 Å². The van der Waals surface area contributed by atoms with E-state index in [0.717, 1.165) is 35.8 Å². The van der Waals surface area contributed by atoms with Crippen LogP contribution in [0.25, 0.3) is 11.4 Å². The topological polar surface area (TPSA) is 63.8 Å². The maximum atomic E-state index is 5.30. The molecule has 5 heteroatoms. The summed E-state index contributed by atoms with van der Waals surface area (Å²) in [4.78, 5) is 8.44. The molecule has 0 spiro atoms. The van der Waals surface area contributed by atoms with Crippen LogP contribution in [-0.4, -0.2) is 21.7 Å². The Balaban J connectivity index is 1.95. The number of nitrogens with zero attached hydrogens (tertiary/aromatic N) is 3. The molecule has 16 heavy (non-hydrogen) atoms. The number of nitrogens with one attached hydrogen (secondary N) is 1. The van der Waals surface area contributed by atoms with E-state index in [4.69, 9.17) is 4.52 Å². The van der Waals surface area contributed by atoms with Crippen molar-refractivity contribution in [1.82, 2.24) is 20.4 Å². The molecule has 0 aliphatic carbocycles. The minimum atomic E-state index is 0.318. The average molecular weight is 216 g/mol. The largest absolute Gasteiger partial charge is 0.359 e. The third-order valence-electron chi connectivity index (χ3n) is 2.82. The SMILES string of the molecule is Cc1nccnc1-c1cc(C2CCN2)on1. The molecule has 1 aliphatic heterocycles. The summed E-state index contributed by atoms with van der Waals surface area (Å²) in [7, 11) is 0. The van der Waals surface area contributed by atoms with Gasteiger partial charge in [0.05, 0.1) is 11.7 Å². The molecule has 1 unspecified atom stereocenters. The second-order valence-electron chi connectivity index (χ2n) is 3.90. The number of rotatable bonds is 2. The number of hydrogen-bond donors (Lipinski definition) is 1. The van der Waals surface area contributed by atoms with Gasteiger partial charge >= 0.3 is 0 Å². The van der Waals surface area contributed by atoms with Crippen LogP contribution in [0.15, 0.2) is 23.0 Å². The average Bonchev–Trinajstić information content (AvgIpc) is 2.65. The van der Waals surface area contributed by atoms with Gasteiger partial charge in [-0.15, -0.1) is 0 Å². The van der Waals surface area contributed by atoms with E-state index in [1.54, 1.807) is 12.4 Å². The highest BCUT2D eigenvalue weighted by atomic mass is 16.5. The summed E-state index contributed by atoms with van der Waals surface area (Å²) in [5.74, 6) is 0.881. The molecule has 1 N–H and O–H groups in total. The van der Waals surface area contributed by atoms with Gasteiger partial charge in [0, 0.05) is 18.5 Å². The molecule has 0 amide bonds. The molecule has 3 heterocycles. The smallest absolute Gasteiger partial charge is 0.154 e. The van der Waals surface area contributed by atoms with E-state index in [-0.39, 0.29) is 0 Å². The van der Waals surface area contributed by atoms with E-state index in [0.29, 0.717) is 6.04 Å². The zero-order chi connectivity index (χ0) is 11.0. The summed E-state index contributed by atoms with van der Waals surface area (Å²) < 4.78 is 5.30. The van der Waals surface area contributed by atoms with Gasteiger partial charge in [0.15, 0.2) is 5.76 Å². The number of hydrogen-bond acceptors (Lipinski definition) is 5. The van der Waals surface area contributed by atoms with Crippen LogP contribution in [-0.2, 0) is 0 Å². The second-order valence-corrected chi connectivity index (χ2v) is 3.90. The molecule has 1 aliphatic rings. The van der Waals surface area contributed by atoms with Crippen LogP contribution in [0.1, 0.15) is 23.9 Å². The van der Waals surface area contributed by atoms with Crippen molar-refractivity contribution in [3.8, 4) is 11.4 Å².